The van der Waals surface area contributed by atoms with E-state index in [1.807, 2.05) is 42.4 Å². The number of piperidine rings is 1. The molecule has 2 fully saturated rings. The minimum absolute atomic E-state index is 0.0279. The predicted molar refractivity (Wildman–Crippen MR) is 108 cm³/mol. The number of imidazole rings is 1. The molecule has 2 aliphatic heterocycles. The summed E-state index contributed by atoms with van der Waals surface area (Å²) >= 11 is 0. The first-order valence-corrected chi connectivity index (χ1v) is 10.0. The largest absolute Gasteiger partial charge is 0.338 e. The summed E-state index contributed by atoms with van der Waals surface area (Å²) in [4.78, 5) is 33.4. The van der Waals surface area contributed by atoms with Crippen molar-refractivity contribution < 1.29 is 9.59 Å². The van der Waals surface area contributed by atoms with Crippen molar-refractivity contribution in [2.45, 2.75) is 39.2 Å². The van der Waals surface area contributed by atoms with Gasteiger partial charge in [-0.25, -0.2) is 9.78 Å². The maximum Gasteiger partial charge on any atom is 0.322 e. The summed E-state index contributed by atoms with van der Waals surface area (Å²) in [6, 6.07) is 5.56. The smallest absolute Gasteiger partial charge is 0.322 e. The molecule has 1 N–H and O–H groups in total. The number of nitrogens with one attached hydrogen (secondary N) is 1. The Bertz CT molecular complexity index is 891. The molecule has 0 aliphatic carbocycles. The lowest BCUT2D eigenvalue weighted by Gasteiger charge is -2.33. The highest BCUT2D eigenvalue weighted by molar-refractivity contribution is 5.99. The molecule has 2 aliphatic rings. The number of likely N-dealkylation sites (tertiary alicyclic amines) is 1. The van der Waals surface area contributed by atoms with Gasteiger partial charge in [0.25, 0.3) is 5.91 Å². The molecule has 7 nitrogen and oxygen atoms in total. The van der Waals surface area contributed by atoms with Gasteiger partial charge in [0, 0.05) is 62.3 Å². The third-order valence-electron chi connectivity index (χ3n) is 5.77. The molecule has 0 bridgehead atoms. The highest BCUT2D eigenvalue weighted by Gasteiger charge is 2.29. The number of anilines is 1. The molecule has 2 aromatic rings. The third kappa shape index (κ3) is 3.37. The highest BCUT2D eigenvalue weighted by atomic mass is 16.2. The fourth-order valence-electron chi connectivity index (χ4n) is 4.24. The minimum atomic E-state index is -0.0999. The van der Waals surface area contributed by atoms with Crippen LogP contribution in [0.15, 0.2) is 30.6 Å². The van der Waals surface area contributed by atoms with Crippen LogP contribution in [0.3, 0.4) is 0 Å². The number of benzene rings is 1. The zero-order valence-corrected chi connectivity index (χ0v) is 16.5. The van der Waals surface area contributed by atoms with E-state index in [1.165, 1.54) is 0 Å². The number of nitrogens with zero attached hydrogens (tertiary/aromatic N) is 4. The Balaban J connectivity index is 1.55. The van der Waals surface area contributed by atoms with Gasteiger partial charge in [0.2, 0.25) is 0 Å². The summed E-state index contributed by atoms with van der Waals surface area (Å²) in [5.74, 6) is 1.36. The van der Waals surface area contributed by atoms with Crippen LogP contribution in [0.1, 0.15) is 47.4 Å². The molecule has 28 heavy (non-hydrogen) atoms. The van der Waals surface area contributed by atoms with Crippen LogP contribution in [0.25, 0.3) is 0 Å². The lowest BCUT2D eigenvalue weighted by Crippen LogP contribution is -2.40. The van der Waals surface area contributed by atoms with Gasteiger partial charge in [0.1, 0.15) is 5.82 Å². The van der Waals surface area contributed by atoms with Crippen molar-refractivity contribution in [1.29, 1.82) is 0 Å². The molecule has 0 unspecified atom stereocenters. The lowest BCUT2D eigenvalue weighted by atomic mass is 9.96. The SMILES string of the molecule is CCn1ccnc1[C@H]1CCCN(C(=O)c2ccc(C)c(N3CCNC3=O)c2)C1. The van der Waals surface area contributed by atoms with Crippen LogP contribution < -0.4 is 10.2 Å². The van der Waals surface area contributed by atoms with Gasteiger partial charge in [0.05, 0.1) is 0 Å². The van der Waals surface area contributed by atoms with Crippen LogP contribution >= 0.6 is 0 Å². The lowest BCUT2D eigenvalue weighted by molar-refractivity contribution is 0.0703. The van der Waals surface area contributed by atoms with Gasteiger partial charge < -0.3 is 14.8 Å². The highest BCUT2D eigenvalue weighted by Crippen LogP contribution is 2.28. The predicted octanol–water partition coefficient (Wildman–Crippen LogP) is 2.76. The zero-order chi connectivity index (χ0) is 19.7. The van der Waals surface area contributed by atoms with Crippen LogP contribution in [-0.4, -0.2) is 52.6 Å². The van der Waals surface area contributed by atoms with E-state index < -0.39 is 0 Å². The Kier molecular flexibility index (Phi) is 5.07. The molecule has 0 spiro atoms. The standard InChI is InChI=1S/C21H27N5O2/c1-3-24-11-8-22-19(24)17-5-4-10-25(14-17)20(27)16-7-6-15(2)18(13-16)26-12-9-23-21(26)28/h6-8,11,13,17H,3-5,9-10,12,14H2,1-2H3,(H,23,28)/t17-/m0/s1. The maximum atomic E-state index is 13.2. The quantitative estimate of drug-likeness (QED) is 0.885. The molecule has 7 heteroatoms. The van der Waals surface area contributed by atoms with Crippen molar-refractivity contribution >= 4 is 17.6 Å². The number of aromatic nitrogens is 2. The van der Waals surface area contributed by atoms with Crippen molar-refractivity contribution in [3.63, 3.8) is 0 Å². The van der Waals surface area contributed by atoms with Crippen LogP contribution in [0.4, 0.5) is 10.5 Å². The number of aryl methyl sites for hydroxylation is 2. The zero-order valence-electron chi connectivity index (χ0n) is 16.5. The fourth-order valence-corrected chi connectivity index (χ4v) is 4.24. The molecule has 3 heterocycles. The summed E-state index contributed by atoms with van der Waals surface area (Å²) in [6.45, 7) is 7.67. The van der Waals surface area contributed by atoms with E-state index in [2.05, 4.69) is 21.8 Å². The van der Waals surface area contributed by atoms with Gasteiger partial charge in [-0.3, -0.25) is 9.69 Å². The maximum absolute atomic E-state index is 13.2. The molecule has 1 atom stereocenters. The first kappa shape index (κ1) is 18.5. The average molecular weight is 381 g/mol. The molecule has 2 saturated heterocycles. The normalized spacial score (nSPS) is 19.8. The molecule has 0 saturated carbocycles. The van der Waals surface area contributed by atoms with Crippen LogP contribution in [0.5, 0.6) is 0 Å². The molecule has 1 aromatic carbocycles. The van der Waals surface area contributed by atoms with Gasteiger partial charge in [0.15, 0.2) is 0 Å². The Morgan fingerprint density at radius 3 is 2.93 bits per heavy atom. The molecular formula is C21H27N5O2. The van der Waals surface area contributed by atoms with Crippen LogP contribution in [-0.2, 0) is 6.54 Å². The second-order valence-electron chi connectivity index (χ2n) is 7.55. The topological polar surface area (TPSA) is 70.5 Å². The fraction of sp³-hybridized carbons (Fsp3) is 0.476. The van der Waals surface area contributed by atoms with Gasteiger partial charge >= 0.3 is 6.03 Å². The minimum Gasteiger partial charge on any atom is -0.338 e. The second kappa shape index (κ2) is 7.66. The number of hydrogen-bond acceptors (Lipinski definition) is 3. The van der Waals surface area contributed by atoms with Crippen LogP contribution in [0, 0.1) is 6.92 Å². The van der Waals surface area contributed by atoms with E-state index in [4.69, 9.17) is 0 Å². The summed E-state index contributed by atoms with van der Waals surface area (Å²) in [5.41, 5.74) is 2.45. The molecule has 148 valence electrons. The van der Waals surface area contributed by atoms with E-state index in [0.29, 0.717) is 25.2 Å². The van der Waals surface area contributed by atoms with Gasteiger partial charge in [-0.15, -0.1) is 0 Å². The Labute approximate surface area is 165 Å². The number of carbonyl (C=O) groups is 2. The first-order chi connectivity index (χ1) is 13.6. The van der Waals surface area contributed by atoms with E-state index in [9.17, 15) is 9.59 Å². The van der Waals surface area contributed by atoms with Crippen LogP contribution in [0.2, 0.25) is 0 Å². The summed E-state index contributed by atoms with van der Waals surface area (Å²) < 4.78 is 2.16. The summed E-state index contributed by atoms with van der Waals surface area (Å²) in [7, 11) is 0. The monoisotopic (exact) mass is 381 g/mol. The molecule has 0 radical (unpaired) electrons. The first-order valence-electron chi connectivity index (χ1n) is 10.0. The summed E-state index contributed by atoms with van der Waals surface area (Å²) in [6.07, 6.45) is 5.87. The molecular weight excluding hydrogens is 354 g/mol. The van der Waals surface area contributed by atoms with Crippen molar-refractivity contribution in [1.82, 2.24) is 19.8 Å². The van der Waals surface area contributed by atoms with Gasteiger partial charge in [-0.2, -0.15) is 0 Å². The Morgan fingerprint density at radius 2 is 2.18 bits per heavy atom. The third-order valence-corrected chi connectivity index (χ3v) is 5.77. The number of hydrogen-bond donors (Lipinski definition) is 1. The molecule has 1 aromatic heterocycles. The number of rotatable bonds is 4. The Hall–Kier alpha value is -2.83. The van der Waals surface area contributed by atoms with E-state index >= 15 is 0 Å². The molecule has 3 amide bonds. The van der Waals surface area contributed by atoms with E-state index in [0.717, 1.165) is 43.0 Å². The van der Waals surface area contributed by atoms with Crippen molar-refractivity contribution in [3.05, 3.63) is 47.5 Å². The number of amides is 3. The van der Waals surface area contributed by atoms with Gasteiger partial charge in [-0.1, -0.05) is 6.07 Å². The summed E-state index contributed by atoms with van der Waals surface area (Å²) in [5, 5.41) is 2.82. The van der Waals surface area contributed by atoms with E-state index in [1.54, 1.807) is 4.90 Å². The number of carbonyl (C=O) groups excluding carboxylic acids is 2. The Morgan fingerprint density at radius 1 is 1.32 bits per heavy atom. The molecule has 4 rings (SSSR count). The number of urea groups is 1. The van der Waals surface area contributed by atoms with Crippen molar-refractivity contribution in [2.75, 3.05) is 31.1 Å². The van der Waals surface area contributed by atoms with Gasteiger partial charge in [-0.05, 0) is 44.4 Å². The van der Waals surface area contributed by atoms with Crippen molar-refractivity contribution in [3.8, 4) is 0 Å². The average Bonchev–Trinajstić information content (AvgIpc) is 3.36. The van der Waals surface area contributed by atoms with E-state index in [-0.39, 0.29) is 17.9 Å². The van der Waals surface area contributed by atoms with Crippen molar-refractivity contribution in [2.24, 2.45) is 0 Å². The second-order valence-corrected chi connectivity index (χ2v) is 7.55.